The Morgan fingerprint density at radius 3 is 2.74 bits per heavy atom. The Morgan fingerprint density at radius 2 is 1.96 bits per heavy atom. The van der Waals surface area contributed by atoms with E-state index < -0.39 is 0 Å². The number of thioether (sulfide) groups is 1. The first-order valence-corrected chi connectivity index (χ1v) is 10.9. The number of halogens is 2. The number of oxazole rings is 1. The molecule has 2 aromatic carbocycles. The summed E-state index contributed by atoms with van der Waals surface area (Å²) in [5, 5.41) is 4.08. The van der Waals surface area contributed by atoms with Crippen molar-refractivity contribution in [1.29, 1.82) is 0 Å². The van der Waals surface area contributed by atoms with Gasteiger partial charge in [0, 0.05) is 29.5 Å². The monoisotopic (exact) mass is 436 g/mol. The van der Waals surface area contributed by atoms with Crippen LogP contribution in [-0.4, -0.2) is 9.55 Å². The third kappa shape index (κ3) is 3.80. The second-order valence-electron chi connectivity index (χ2n) is 5.96. The van der Waals surface area contributed by atoms with Crippen LogP contribution in [0.4, 0.5) is 0 Å². The molecule has 0 saturated carbocycles. The quantitative estimate of drug-likeness (QED) is 0.385. The molecule has 0 spiro atoms. The van der Waals surface area contributed by atoms with Gasteiger partial charge in [-0.2, -0.15) is 11.8 Å². The lowest BCUT2D eigenvalue weighted by molar-refractivity contribution is 0.528. The van der Waals surface area contributed by atoms with Gasteiger partial charge in [-0.05, 0) is 29.8 Å². The maximum atomic E-state index is 11.6. The van der Waals surface area contributed by atoms with Gasteiger partial charge in [0.25, 0.3) is 0 Å². The molecule has 27 heavy (non-hydrogen) atoms. The van der Waals surface area contributed by atoms with E-state index in [4.69, 9.17) is 27.6 Å². The molecule has 0 bridgehead atoms. The molecular formula is C19H14Cl2N2O2S2. The van der Waals surface area contributed by atoms with Crippen molar-refractivity contribution in [2.24, 2.45) is 7.05 Å². The van der Waals surface area contributed by atoms with Gasteiger partial charge in [0.05, 0.1) is 21.3 Å². The van der Waals surface area contributed by atoms with Crippen LogP contribution in [0.3, 0.4) is 0 Å². The zero-order chi connectivity index (χ0) is 19.0. The highest BCUT2D eigenvalue weighted by Gasteiger charge is 2.13. The van der Waals surface area contributed by atoms with Gasteiger partial charge in [-0.1, -0.05) is 35.3 Å². The van der Waals surface area contributed by atoms with E-state index in [9.17, 15) is 4.79 Å². The molecule has 4 aromatic rings. The average molecular weight is 437 g/mol. The first kappa shape index (κ1) is 18.6. The van der Waals surface area contributed by atoms with Crippen LogP contribution in [0.15, 0.2) is 51.0 Å². The molecule has 2 heterocycles. The van der Waals surface area contributed by atoms with Gasteiger partial charge in [0.1, 0.15) is 5.01 Å². The molecule has 0 saturated heterocycles. The van der Waals surface area contributed by atoms with E-state index in [1.807, 2.05) is 41.8 Å². The smallest absolute Gasteiger partial charge is 0.408 e. The molecular weight excluding hydrogens is 423 g/mol. The van der Waals surface area contributed by atoms with Gasteiger partial charge in [-0.3, -0.25) is 4.57 Å². The van der Waals surface area contributed by atoms with Crippen LogP contribution in [0.5, 0.6) is 0 Å². The Hall–Kier alpha value is -1.73. The number of hydrogen-bond donors (Lipinski definition) is 0. The predicted molar refractivity (Wildman–Crippen MR) is 114 cm³/mol. The summed E-state index contributed by atoms with van der Waals surface area (Å²) < 4.78 is 6.68. The van der Waals surface area contributed by atoms with Crippen LogP contribution < -0.4 is 5.76 Å². The highest BCUT2D eigenvalue weighted by Crippen LogP contribution is 2.36. The Morgan fingerprint density at radius 1 is 1.19 bits per heavy atom. The van der Waals surface area contributed by atoms with Gasteiger partial charge < -0.3 is 4.42 Å². The van der Waals surface area contributed by atoms with Crippen LogP contribution in [0, 0.1) is 0 Å². The number of rotatable bonds is 5. The van der Waals surface area contributed by atoms with Crippen molar-refractivity contribution < 1.29 is 4.42 Å². The standard InChI is InChI=1S/C19H14Cl2N2O2S2/c1-23-15-7-11(5-6-16(15)25-19(23)24)8-26-9-12-10-27-18(22-12)17-13(20)3-2-4-14(17)21/h2-7,10H,8-9H2,1H3. The molecule has 4 nitrogen and oxygen atoms in total. The van der Waals surface area contributed by atoms with Crippen LogP contribution in [0.2, 0.25) is 10.0 Å². The molecule has 138 valence electrons. The highest BCUT2D eigenvalue weighted by atomic mass is 35.5. The van der Waals surface area contributed by atoms with Gasteiger partial charge in [0.2, 0.25) is 0 Å². The Kier molecular flexibility index (Phi) is 5.32. The van der Waals surface area contributed by atoms with Gasteiger partial charge >= 0.3 is 5.76 Å². The number of thiazole rings is 1. The molecule has 0 N–H and O–H groups in total. The summed E-state index contributed by atoms with van der Waals surface area (Å²) >= 11 is 15.8. The fourth-order valence-corrected chi connectivity index (χ4v) is 5.29. The molecule has 4 rings (SSSR count). The predicted octanol–water partition coefficient (Wildman–Crippen LogP) is 6.00. The van der Waals surface area contributed by atoms with E-state index in [1.165, 1.54) is 4.57 Å². The fourth-order valence-electron chi connectivity index (χ4n) is 2.73. The lowest BCUT2D eigenvalue weighted by atomic mass is 10.2. The highest BCUT2D eigenvalue weighted by molar-refractivity contribution is 7.97. The molecule has 0 radical (unpaired) electrons. The summed E-state index contributed by atoms with van der Waals surface area (Å²) in [6, 6.07) is 11.3. The fraction of sp³-hybridized carbons (Fsp3) is 0.158. The summed E-state index contributed by atoms with van der Waals surface area (Å²) in [5.41, 5.74) is 4.33. The first-order chi connectivity index (χ1) is 13.0. The number of nitrogens with zero attached hydrogens (tertiary/aromatic N) is 2. The minimum Gasteiger partial charge on any atom is -0.408 e. The zero-order valence-corrected chi connectivity index (χ0v) is 17.4. The summed E-state index contributed by atoms with van der Waals surface area (Å²) in [4.78, 5) is 16.3. The number of fused-ring (bicyclic) bond motifs is 1. The molecule has 0 unspecified atom stereocenters. The molecule has 2 aromatic heterocycles. The molecule has 0 amide bonds. The van der Waals surface area contributed by atoms with Crippen LogP contribution in [-0.2, 0) is 18.6 Å². The van der Waals surface area contributed by atoms with E-state index in [-0.39, 0.29) is 5.76 Å². The maximum Gasteiger partial charge on any atom is 0.419 e. The third-order valence-electron chi connectivity index (χ3n) is 4.10. The molecule has 0 aliphatic heterocycles. The van der Waals surface area contributed by atoms with E-state index >= 15 is 0 Å². The Labute approximate surface area is 173 Å². The minimum atomic E-state index is -0.344. The van der Waals surface area contributed by atoms with Gasteiger partial charge in [-0.25, -0.2) is 9.78 Å². The van der Waals surface area contributed by atoms with E-state index in [2.05, 4.69) is 4.98 Å². The van der Waals surface area contributed by atoms with Crippen molar-refractivity contribution in [1.82, 2.24) is 9.55 Å². The second-order valence-corrected chi connectivity index (χ2v) is 8.62. The SMILES string of the molecule is Cn1c(=O)oc2ccc(CSCc3csc(-c4c(Cl)cccc4Cl)n3)cc21. The summed E-state index contributed by atoms with van der Waals surface area (Å²) in [7, 11) is 1.71. The Bertz CT molecular complexity index is 1160. The topological polar surface area (TPSA) is 48.0 Å². The molecule has 0 aliphatic rings. The number of hydrogen-bond acceptors (Lipinski definition) is 5. The van der Waals surface area contributed by atoms with Gasteiger partial charge in [-0.15, -0.1) is 11.3 Å². The van der Waals surface area contributed by atoms with Gasteiger partial charge in [0.15, 0.2) is 5.58 Å². The maximum absolute atomic E-state index is 11.6. The van der Waals surface area contributed by atoms with Crippen molar-refractivity contribution in [3.63, 3.8) is 0 Å². The minimum absolute atomic E-state index is 0.344. The number of aryl methyl sites for hydroxylation is 1. The van der Waals surface area contributed by atoms with E-state index in [0.29, 0.717) is 15.6 Å². The first-order valence-electron chi connectivity index (χ1n) is 8.08. The largest absolute Gasteiger partial charge is 0.419 e. The summed E-state index contributed by atoms with van der Waals surface area (Å²) in [5.74, 6) is 1.25. The third-order valence-corrected chi connectivity index (χ3v) is 6.68. The van der Waals surface area contributed by atoms with Crippen LogP contribution in [0.1, 0.15) is 11.3 Å². The molecule has 0 aliphatic carbocycles. The van der Waals surface area contributed by atoms with Crippen LogP contribution >= 0.6 is 46.3 Å². The number of aromatic nitrogens is 2. The zero-order valence-electron chi connectivity index (χ0n) is 14.2. The second kappa shape index (κ2) is 7.72. The normalized spacial score (nSPS) is 11.4. The van der Waals surface area contributed by atoms with E-state index in [0.717, 1.165) is 38.9 Å². The molecule has 0 atom stereocenters. The number of benzene rings is 2. The van der Waals surface area contributed by atoms with Crippen molar-refractivity contribution in [3.8, 4) is 10.6 Å². The van der Waals surface area contributed by atoms with Crippen molar-refractivity contribution in [3.05, 3.63) is 73.6 Å². The van der Waals surface area contributed by atoms with Crippen molar-refractivity contribution in [2.75, 3.05) is 0 Å². The van der Waals surface area contributed by atoms with Crippen molar-refractivity contribution >= 4 is 57.4 Å². The molecule has 0 fully saturated rings. The van der Waals surface area contributed by atoms with E-state index in [1.54, 1.807) is 30.1 Å². The molecule has 8 heteroatoms. The summed E-state index contributed by atoms with van der Waals surface area (Å²) in [6.45, 7) is 0. The Balaban J connectivity index is 1.45. The summed E-state index contributed by atoms with van der Waals surface area (Å²) in [6.07, 6.45) is 0. The lowest BCUT2D eigenvalue weighted by Crippen LogP contribution is -2.08. The van der Waals surface area contributed by atoms with Crippen molar-refractivity contribution in [2.45, 2.75) is 11.5 Å². The van der Waals surface area contributed by atoms with Crippen LogP contribution in [0.25, 0.3) is 21.7 Å². The average Bonchev–Trinajstić information content (AvgIpc) is 3.21. The lowest BCUT2D eigenvalue weighted by Gasteiger charge is -2.03.